The average Bonchev–Trinajstić information content (AvgIpc) is 3.17. The molecule has 0 spiro atoms. The van der Waals surface area contributed by atoms with Gasteiger partial charge in [0.15, 0.2) is 0 Å². The number of benzene rings is 6. The highest BCUT2D eigenvalue weighted by Gasteiger charge is 2.17. The molecule has 0 aromatic heterocycles. The van der Waals surface area contributed by atoms with Gasteiger partial charge in [-0.1, -0.05) is 84.9 Å². The summed E-state index contributed by atoms with van der Waals surface area (Å²) < 4.78 is 23.5. The summed E-state index contributed by atoms with van der Waals surface area (Å²) in [6.45, 7) is 6.72. The molecule has 0 saturated carbocycles. The maximum Gasteiger partial charge on any atom is 0.145 e. The number of phenols is 2. The van der Waals surface area contributed by atoms with Gasteiger partial charge in [-0.2, -0.15) is 0 Å². The summed E-state index contributed by atoms with van der Waals surface area (Å²) >= 11 is 0. The van der Waals surface area contributed by atoms with E-state index in [9.17, 15) is 10.2 Å². The molecule has 0 fully saturated rings. The van der Waals surface area contributed by atoms with Crippen molar-refractivity contribution in [3.8, 4) is 23.0 Å². The Balaban J connectivity index is 1.27. The molecule has 0 radical (unpaired) electrons. The van der Waals surface area contributed by atoms with Gasteiger partial charge < -0.3 is 29.2 Å². The van der Waals surface area contributed by atoms with Crippen LogP contribution in [0, 0.1) is 0 Å². The standard InChI is InChI=1S/C44H40N2O6/c1-30-24-37-35-12-4-2-10-31(35)26-33(43(37)47)28-45-39-14-6-8-16-41(39)51-22-20-49-18-19-50-21-23-52-42-17-9-7-15-40(42)46-29-34-27-32-11-3-5-13-36(32)38(25-30)44(34)48/h2-17,26-29,47-48H,1,18-25H2. The van der Waals surface area contributed by atoms with Crippen LogP contribution >= 0.6 is 0 Å². The summed E-state index contributed by atoms with van der Waals surface area (Å²) in [5.41, 5.74) is 4.73. The van der Waals surface area contributed by atoms with Crippen molar-refractivity contribution < 1.29 is 29.2 Å². The molecule has 8 nitrogen and oxygen atoms in total. The van der Waals surface area contributed by atoms with Crippen LogP contribution in [0.4, 0.5) is 11.4 Å². The molecule has 1 aliphatic heterocycles. The molecule has 0 amide bonds. The summed E-state index contributed by atoms with van der Waals surface area (Å²) in [6, 6.07) is 34.8. The highest BCUT2D eigenvalue weighted by Crippen LogP contribution is 2.37. The number of nitrogens with zero attached hydrogens (tertiary/aromatic N) is 2. The van der Waals surface area contributed by atoms with E-state index in [4.69, 9.17) is 28.9 Å². The molecule has 0 atom stereocenters. The Labute approximate surface area is 302 Å². The first kappa shape index (κ1) is 34.5. The van der Waals surface area contributed by atoms with Gasteiger partial charge in [0.25, 0.3) is 0 Å². The van der Waals surface area contributed by atoms with E-state index in [1.807, 2.05) is 109 Å². The second-order valence-electron chi connectivity index (χ2n) is 12.5. The number of hydrogen-bond acceptors (Lipinski definition) is 8. The molecule has 6 aromatic rings. The fourth-order valence-corrected chi connectivity index (χ4v) is 6.38. The van der Waals surface area contributed by atoms with E-state index >= 15 is 0 Å². The van der Waals surface area contributed by atoms with Gasteiger partial charge in [-0.3, -0.25) is 9.98 Å². The van der Waals surface area contributed by atoms with Crippen LogP contribution in [0.1, 0.15) is 22.3 Å². The lowest BCUT2D eigenvalue weighted by Gasteiger charge is -2.16. The van der Waals surface area contributed by atoms with Gasteiger partial charge in [-0.05, 0) is 70.8 Å². The van der Waals surface area contributed by atoms with Crippen molar-refractivity contribution in [2.45, 2.75) is 12.8 Å². The van der Waals surface area contributed by atoms with Gasteiger partial charge in [0.2, 0.25) is 0 Å². The monoisotopic (exact) mass is 692 g/mol. The highest BCUT2D eigenvalue weighted by atomic mass is 16.6. The summed E-state index contributed by atoms with van der Waals surface area (Å²) in [4.78, 5) is 9.46. The van der Waals surface area contributed by atoms with Gasteiger partial charge in [0.05, 0.1) is 26.4 Å². The number of hydrogen-bond donors (Lipinski definition) is 2. The molecule has 7 rings (SSSR count). The first-order valence-corrected chi connectivity index (χ1v) is 17.4. The van der Waals surface area contributed by atoms with Crippen LogP contribution in [0.5, 0.6) is 23.0 Å². The van der Waals surface area contributed by atoms with Crippen LogP contribution in [-0.2, 0) is 22.3 Å². The highest BCUT2D eigenvalue weighted by molar-refractivity contribution is 5.99. The third-order valence-corrected chi connectivity index (χ3v) is 8.92. The quantitative estimate of drug-likeness (QED) is 0.154. The Hall–Kier alpha value is -5.96. The number of phenolic OH excluding ortho intramolecular Hbond substituents is 2. The molecule has 8 heteroatoms. The zero-order valence-corrected chi connectivity index (χ0v) is 28.8. The van der Waals surface area contributed by atoms with E-state index in [0.717, 1.165) is 38.2 Å². The van der Waals surface area contributed by atoms with Crippen molar-refractivity contribution in [2.24, 2.45) is 9.98 Å². The Morgan fingerprint density at radius 1 is 0.500 bits per heavy atom. The fourth-order valence-electron chi connectivity index (χ4n) is 6.38. The molecule has 1 heterocycles. The maximum atomic E-state index is 11.7. The van der Waals surface area contributed by atoms with Crippen LogP contribution in [0.3, 0.4) is 0 Å². The number of aliphatic imine (C=N–C) groups is 2. The Morgan fingerprint density at radius 2 is 0.904 bits per heavy atom. The average molecular weight is 693 g/mol. The summed E-state index contributed by atoms with van der Waals surface area (Å²) in [5.74, 6) is 1.48. The molecule has 1 aliphatic rings. The Morgan fingerprint density at radius 3 is 1.38 bits per heavy atom. The van der Waals surface area contributed by atoms with Gasteiger partial charge in [0.1, 0.15) is 47.6 Å². The van der Waals surface area contributed by atoms with Crippen LogP contribution in [0.15, 0.2) is 131 Å². The molecule has 6 aromatic carbocycles. The van der Waals surface area contributed by atoms with Crippen molar-refractivity contribution in [1.82, 2.24) is 0 Å². The van der Waals surface area contributed by atoms with Crippen molar-refractivity contribution >= 4 is 45.3 Å². The van der Waals surface area contributed by atoms with E-state index < -0.39 is 0 Å². The Bertz CT molecular complexity index is 2120. The molecule has 0 saturated heterocycles. The van der Waals surface area contributed by atoms with Crippen LogP contribution in [0.25, 0.3) is 21.5 Å². The molecule has 0 unspecified atom stereocenters. The first-order chi connectivity index (χ1) is 25.5. The fraction of sp³-hybridized carbons (Fsp3) is 0.182. The van der Waals surface area contributed by atoms with E-state index in [1.54, 1.807) is 12.4 Å². The maximum absolute atomic E-state index is 11.7. The number of ether oxygens (including phenoxy) is 4. The van der Waals surface area contributed by atoms with Crippen molar-refractivity contribution in [3.63, 3.8) is 0 Å². The molecular formula is C44H40N2O6. The topological polar surface area (TPSA) is 102 Å². The zero-order valence-electron chi connectivity index (χ0n) is 28.8. The number of allylic oxidation sites excluding steroid dienone is 1. The Kier molecular flexibility index (Phi) is 10.9. The van der Waals surface area contributed by atoms with Crippen molar-refractivity contribution in [2.75, 3.05) is 39.6 Å². The van der Waals surface area contributed by atoms with Gasteiger partial charge in [0, 0.05) is 34.7 Å². The smallest absolute Gasteiger partial charge is 0.145 e. The molecule has 0 aliphatic carbocycles. The third kappa shape index (κ3) is 7.99. The van der Waals surface area contributed by atoms with E-state index in [-0.39, 0.29) is 11.5 Å². The summed E-state index contributed by atoms with van der Waals surface area (Å²) in [7, 11) is 0. The van der Waals surface area contributed by atoms with Crippen molar-refractivity contribution in [1.29, 1.82) is 0 Å². The van der Waals surface area contributed by atoms with Crippen LogP contribution in [-0.4, -0.2) is 62.3 Å². The van der Waals surface area contributed by atoms with Crippen molar-refractivity contribution in [3.05, 3.63) is 144 Å². The number of aromatic hydroxyl groups is 2. The minimum absolute atomic E-state index is 0.130. The minimum atomic E-state index is 0.130. The largest absolute Gasteiger partial charge is 0.507 e. The normalized spacial score (nSPS) is 14.9. The summed E-state index contributed by atoms with van der Waals surface area (Å²) in [5, 5.41) is 27.2. The predicted molar refractivity (Wildman–Crippen MR) is 208 cm³/mol. The van der Waals surface area contributed by atoms with Gasteiger partial charge >= 0.3 is 0 Å². The number of fused-ring (bicyclic) bond motifs is 10. The van der Waals surface area contributed by atoms with Crippen LogP contribution < -0.4 is 9.47 Å². The lowest BCUT2D eigenvalue weighted by atomic mass is 9.90. The number of rotatable bonds is 0. The SMILES string of the molecule is C=C1Cc2c(O)c(cc3ccccc23)C=Nc2ccccc2OCCOCCOCCOc2ccccc2N=Cc2cc3ccccc3c(c2O)C1. The number of para-hydroxylation sites is 4. The predicted octanol–water partition coefficient (Wildman–Crippen LogP) is 9.05. The third-order valence-electron chi connectivity index (χ3n) is 8.92. The molecule has 4 bridgehead atoms. The van der Waals surface area contributed by atoms with E-state index in [0.29, 0.717) is 86.5 Å². The van der Waals surface area contributed by atoms with E-state index in [2.05, 4.69) is 6.58 Å². The van der Waals surface area contributed by atoms with Crippen LogP contribution in [0.2, 0.25) is 0 Å². The minimum Gasteiger partial charge on any atom is -0.507 e. The molecular weight excluding hydrogens is 652 g/mol. The summed E-state index contributed by atoms with van der Waals surface area (Å²) in [6.07, 6.45) is 4.10. The molecule has 2 N–H and O–H groups in total. The molecule has 52 heavy (non-hydrogen) atoms. The first-order valence-electron chi connectivity index (χ1n) is 17.4. The molecule has 262 valence electrons. The van der Waals surface area contributed by atoms with Gasteiger partial charge in [-0.25, -0.2) is 0 Å². The van der Waals surface area contributed by atoms with E-state index in [1.165, 1.54) is 0 Å². The second kappa shape index (κ2) is 16.4. The zero-order chi connectivity index (χ0) is 35.7. The second-order valence-corrected chi connectivity index (χ2v) is 12.5. The lowest BCUT2D eigenvalue weighted by molar-refractivity contribution is 0.0275. The van der Waals surface area contributed by atoms with Gasteiger partial charge in [-0.15, -0.1) is 0 Å². The lowest BCUT2D eigenvalue weighted by Crippen LogP contribution is -2.13.